The number of hydrogen-bond acceptors (Lipinski definition) is 2. The number of amides is 1. The van der Waals surface area contributed by atoms with Gasteiger partial charge in [-0.1, -0.05) is 6.92 Å². The third-order valence-corrected chi connectivity index (χ3v) is 5.14. The van der Waals surface area contributed by atoms with Crippen molar-refractivity contribution in [1.82, 2.24) is 4.90 Å². The van der Waals surface area contributed by atoms with Crippen molar-refractivity contribution < 1.29 is 4.79 Å². The molecule has 1 amide bonds. The second-order valence-electron chi connectivity index (χ2n) is 6.51. The molecule has 1 heterocycles. The van der Waals surface area contributed by atoms with Gasteiger partial charge in [-0.05, 0) is 57.8 Å². The van der Waals surface area contributed by atoms with Gasteiger partial charge in [0, 0.05) is 19.1 Å². The molecule has 18 heavy (non-hydrogen) atoms. The first-order valence-electron chi connectivity index (χ1n) is 7.60. The van der Waals surface area contributed by atoms with E-state index in [1.807, 2.05) is 0 Å². The third kappa shape index (κ3) is 2.56. The summed E-state index contributed by atoms with van der Waals surface area (Å²) in [5, 5.41) is 0. The number of rotatable bonds is 2. The monoisotopic (exact) mass is 252 g/mol. The molecule has 1 aliphatic carbocycles. The van der Waals surface area contributed by atoms with Crippen molar-refractivity contribution in [2.45, 2.75) is 64.8 Å². The van der Waals surface area contributed by atoms with Crippen LogP contribution in [-0.4, -0.2) is 29.9 Å². The second-order valence-corrected chi connectivity index (χ2v) is 6.51. The van der Waals surface area contributed by atoms with Crippen LogP contribution in [0.4, 0.5) is 0 Å². The van der Waals surface area contributed by atoms with E-state index < -0.39 is 0 Å². The molecule has 0 bridgehead atoms. The van der Waals surface area contributed by atoms with Crippen molar-refractivity contribution in [3.63, 3.8) is 0 Å². The average molecular weight is 252 g/mol. The molecule has 1 unspecified atom stereocenters. The number of nitrogens with zero attached hydrogens (tertiary/aromatic N) is 1. The van der Waals surface area contributed by atoms with Gasteiger partial charge < -0.3 is 10.6 Å². The highest BCUT2D eigenvalue weighted by Gasteiger charge is 2.43. The third-order valence-electron chi connectivity index (χ3n) is 5.14. The Labute approximate surface area is 111 Å². The summed E-state index contributed by atoms with van der Waals surface area (Å²) in [7, 11) is 0. The van der Waals surface area contributed by atoms with Gasteiger partial charge in [-0.25, -0.2) is 0 Å². The van der Waals surface area contributed by atoms with Gasteiger partial charge in [0.15, 0.2) is 0 Å². The molecular formula is C15H28N2O. The Morgan fingerprint density at radius 3 is 2.44 bits per heavy atom. The van der Waals surface area contributed by atoms with E-state index in [9.17, 15) is 4.79 Å². The van der Waals surface area contributed by atoms with Gasteiger partial charge in [0.25, 0.3) is 0 Å². The number of piperidine rings is 1. The van der Waals surface area contributed by atoms with Gasteiger partial charge in [0.05, 0.1) is 5.41 Å². The van der Waals surface area contributed by atoms with E-state index in [2.05, 4.69) is 18.7 Å². The highest BCUT2D eigenvalue weighted by Crippen LogP contribution is 2.40. The summed E-state index contributed by atoms with van der Waals surface area (Å²) in [6, 6.07) is 0.411. The molecule has 0 aromatic carbocycles. The predicted molar refractivity (Wildman–Crippen MR) is 74.1 cm³/mol. The maximum atomic E-state index is 12.9. The smallest absolute Gasteiger partial charge is 0.230 e. The molecule has 0 aromatic heterocycles. The number of hydrogen-bond donors (Lipinski definition) is 1. The number of carbonyl (C=O) groups is 1. The highest BCUT2D eigenvalue weighted by atomic mass is 16.2. The lowest BCUT2D eigenvalue weighted by Gasteiger charge is -2.44. The van der Waals surface area contributed by atoms with Crippen LogP contribution in [-0.2, 0) is 4.79 Å². The fraction of sp³-hybridized carbons (Fsp3) is 0.933. The minimum atomic E-state index is -0.238. The van der Waals surface area contributed by atoms with E-state index in [1.54, 1.807) is 0 Å². The van der Waals surface area contributed by atoms with Crippen LogP contribution in [0.1, 0.15) is 58.8 Å². The molecule has 1 atom stereocenters. The Morgan fingerprint density at radius 2 is 1.89 bits per heavy atom. The molecule has 1 aliphatic heterocycles. The van der Waals surface area contributed by atoms with Crippen molar-refractivity contribution in [2.75, 3.05) is 13.1 Å². The zero-order valence-electron chi connectivity index (χ0n) is 12.0. The highest BCUT2D eigenvalue weighted by molar-refractivity contribution is 5.83. The number of carbonyl (C=O) groups excluding carboxylic acids is 1. The number of likely N-dealkylation sites (tertiary alicyclic amines) is 1. The second kappa shape index (κ2) is 5.60. The van der Waals surface area contributed by atoms with E-state index in [0.29, 0.717) is 18.5 Å². The van der Waals surface area contributed by atoms with Crippen LogP contribution in [0.25, 0.3) is 0 Å². The summed E-state index contributed by atoms with van der Waals surface area (Å²) in [6.45, 7) is 5.94. The number of nitrogens with two attached hydrogens (primary N) is 1. The summed E-state index contributed by atoms with van der Waals surface area (Å²) >= 11 is 0. The molecule has 2 N–H and O–H groups in total. The van der Waals surface area contributed by atoms with Crippen molar-refractivity contribution in [1.29, 1.82) is 0 Å². The summed E-state index contributed by atoms with van der Waals surface area (Å²) in [5.41, 5.74) is 5.75. The van der Waals surface area contributed by atoms with Gasteiger partial charge >= 0.3 is 0 Å². The minimum Gasteiger partial charge on any atom is -0.339 e. The van der Waals surface area contributed by atoms with Crippen LogP contribution in [0.2, 0.25) is 0 Å². The van der Waals surface area contributed by atoms with E-state index in [0.717, 1.165) is 51.0 Å². The van der Waals surface area contributed by atoms with Crippen molar-refractivity contribution >= 4 is 5.91 Å². The maximum Gasteiger partial charge on any atom is 0.230 e. The fourth-order valence-corrected chi connectivity index (χ4v) is 3.52. The zero-order chi connectivity index (χ0) is 13.2. The van der Waals surface area contributed by atoms with E-state index >= 15 is 0 Å². The molecule has 2 fully saturated rings. The van der Waals surface area contributed by atoms with Crippen LogP contribution >= 0.6 is 0 Å². The Bertz CT molecular complexity index is 295. The largest absolute Gasteiger partial charge is 0.339 e. The lowest BCUT2D eigenvalue weighted by Crippen LogP contribution is -2.53. The quantitative estimate of drug-likeness (QED) is 0.821. The van der Waals surface area contributed by atoms with Gasteiger partial charge in [0.2, 0.25) is 5.91 Å². The van der Waals surface area contributed by atoms with Crippen molar-refractivity contribution in [2.24, 2.45) is 17.1 Å². The summed E-state index contributed by atoms with van der Waals surface area (Å²) < 4.78 is 0. The SMILES string of the molecule is CC1CCC(CN)(C(=O)N2CCCCC2C)CC1. The molecule has 1 saturated carbocycles. The summed E-state index contributed by atoms with van der Waals surface area (Å²) in [6.07, 6.45) is 7.88. The molecule has 104 valence electrons. The van der Waals surface area contributed by atoms with Crippen LogP contribution in [0, 0.1) is 11.3 Å². The Morgan fingerprint density at radius 1 is 1.22 bits per heavy atom. The molecule has 3 heteroatoms. The van der Waals surface area contributed by atoms with Gasteiger partial charge in [-0.15, -0.1) is 0 Å². The lowest BCUT2D eigenvalue weighted by atomic mass is 9.69. The van der Waals surface area contributed by atoms with Crippen molar-refractivity contribution in [3.8, 4) is 0 Å². The van der Waals surface area contributed by atoms with Gasteiger partial charge in [-0.2, -0.15) is 0 Å². The molecule has 2 rings (SSSR count). The first-order valence-corrected chi connectivity index (χ1v) is 7.60. The maximum absolute atomic E-state index is 12.9. The van der Waals surface area contributed by atoms with Gasteiger partial charge in [0.1, 0.15) is 0 Å². The molecule has 0 radical (unpaired) electrons. The molecule has 3 nitrogen and oxygen atoms in total. The Hall–Kier alpha value is -0.570. The zero-order valence-corrected chi connectivity index (χ0v) is 12.0. The molecule has 0 spiro atoms. The lowest BCUT2D eigenvalue weighted by molar-refractivity contribution is -0.147. The summed E-state index contributed by atoms with van der Waals surface area (Å²) in [5.74, 6) is 1.11. The van der Waals surface area contributed by atoms with Crippen LogP contribution in [0.3, 0.4) is 0 Å². The molecule has 0 aromatic rings. The van der Waals surface area contributed by atoms with E-state index in [-0.39, 0.29) is 5.41 Å². The van der Waals surface area contributed by atoms with Crippen LogP contribution < -0.4 is 5.73 Å². The van der Waals surface area contributed by atoms with Gasteiger partial charge in [-0.3, -0.25) is 4.79 Å². The topological polar surface area (TPSA) is 46.3 Å². The van der Waals surface area contributed by atoms with Crippen LogP contribution in [0.5, 0.6) is 0 Å². The Kier molecular flexibility index (Phi) is 4.31. The Balaban J connectivity index is 2.09. The normalized spacial score (nSPS) is 37.6. The minimum absolute atomic E-state index is 0.238. The predicted octanol–water partition coefficient (Wildman–Crippen LogP) is 2.54. The first-order chi connectivity index (χ1) is 8.59. The molecule has 1 saturated heterocycles. The summed E-state index contributed by atoms with van der Waals surface area (Å²) in [4.78, 5) is 15.0. The van der Waals surface area contributed by atoms with E-state index in [1.165, 1.54) is 6.42 Å². The van der Waals surface area contributed by atoms with Crippen molar-refractivity contribution in [3.05, 3.63) is 0 Å². The van der Waals surface area contributed by atoms with E-state index in [4.69, 9.17) is 5.73 Å². The fourth-order valence-electron chi connectivity index (χ4n) is 3.52. The molecule has 2 aliphatic rings. The first kappa shape index (κ1) is 13.9. The molecular weight excluding hydrogens is 224 g/mol. The average Bonchev–Trinajstić information content (AvgIpc) is 2.40. The van der Waals surface area contributed by atoms with Crippen LogP contribution in [0.15, 0.2) is 0 Å². The standard InChI is InChI=1S/C15H28N2O/c1-12-6-8-15(11-16,9-7-12)14(18)17-10-4-3-5-13(17)2/h12-13H,3-11,16H2,1-2H3.